The van der Waals surface area contributed by atoms with E-state index in [2.05, 4.69) is 90.7 Å². The van der Waals surface area contributed by atoms with Gasteiger partial charge in [-0.15, -0.1) is 11.3 Å². The first-order valence-electron chi connectivity index (χ1n) is 8.82. The number of thiophene rings is 1. The van der Waals surface area contributed by atoms with Crippen LogP contribution in [0.2, 0.25) is 0 Å². The SMILES string of the molecule is C=N/C=C\C=C(/C)c1ccc(Nc2ccc3sc4ccccc4c3c2)cc1. The minimum absolute atomic E-state index is 1.08. The minimum Gasteiger partial charge on any atom is -0.356 e. The van der Waals surface area contributed by atoms with Gasteiger partial charge in [-0.1, -0.05) is 36.4 Å². The van der Waals surface area contributed by atoms with Crippen molar-refractivity contribution < 1.29 is 0 Å². The highest BCUT2D eigenvalue weighted by atomic mass is 32.1. The normalized spacial score (nSPS) is 12.1. The Morgan fingerprint density at radius 1 is 0.926 bits per heavy atom. The van der Waals surface area contributed by atoms with Crippen molar-refractivity contribution >= 4 is 55.2 Å². The molecule has 0 aliphatic heterocycles. The number of allylic oxidation sites excluding steroid dienone is 3. The molecule has 0 bridgehead atoms. The Hall–Kier alpha value is -3.17. The highest BCUT2D eigenvalue weighted by Crippen LogP contribution is 2.35. The van der Waals surface area contributed by atoms with Gasteiger partial charge in [-0.25, -0.2) is 0 Å². The lowest BCUT2D eigenvalue weighted by Gasteiger charge is -2.08. The van der Waals surface area contributed by atoms with E-state index in [9.17, 15) is 0 Å². The van der Waals surface area contributed by atoms with Crippen molar-refractivity contribution in [2.45, 2.75) is 6.92 Å². The first-order chi connectivity index (χ1) is 13.2. The van der Waals surface area contributed by atoms with Crippen molar-refractivity contribution in [2.24, 2.45) is 4.99 Å². The third kappa shape index (κ3) is 3.69. The van der Waals surface area contributed by atoms with E-state index in [0.29, 0.717) is 0 Å². The van der Waals surface area contributed by atoms with Gasteiger partial charge in [-0.05, 0) is 67.3 Å². The largest absolute Gasteiger partial charge is 0.356 e. The van der Waals surface area contributed by atoms with Crippen LogP contribution in [0.5, 0.6) is 0 Å². The number of hydrogen-bond donors (Lipinski definition) is 1. The van der Waals surface area contributed by atoms with Crippen LogP contribution in [-0.2, 0) is 0 Å². The summed E-state index contributed by atoms with van der Waals surface area (Å²) in [5.41, 5.74) is 4.56. The van der Waals surface area contributed by atoms with Crippen molar-refractivity contribution in [3.05, 3.63) is 90.6 Å². The molecule has 0 radical (unpaired) electrons. The number of hydrogen-bond acceptors (Lipinski definition) is 3. The molecule has 1 N–H and O–H groups in total. The fraction of sp³-hybridized carbons (Fsp3) is 0.0417. The number of aliphatic imine (C=N–C) groups is 1. The van der Waals surface area contributed by atoms with Crippen molar-refractivity contribution in [1.29, 1.82) is 0 Å². The number of anilines is 2. The first kappa shape index (κ1) is 17.3. The third-order valence-electron chi connectivity index (χ3n) is 4.54. The number of nitrogens with zero attached hydrogens (tertiary/aromatic N) is 1. The van der Waals surface area contributed by atoms with Crippen LogP contribution >= 0.6 is 11.3 Å². The number of fused-ring (bicyclic) bond motifs is 3. The molecule has 27 heavy (non-hydrogen) atoms. The predicted octanol–water partition coefficient (Wildman–Crippen LogP) is 7.42. The number of benzene rings is 3. The van der Waals surface area contributed by atoms with Gasteiger partial charge in [0.2, 0.25) is 0 Å². The Morgan fingerprint density at radius 3 is 2.48 bits per heavy atom. The van der Waals surface area contributed by atoms with Crippen LogP contribution < -0.4 is 5.32 Å². The third-order valence-corrected chi connectivity index (χ3v) is 5.70. The highest BCUT2D eigenvalue weighted by Gasteiger charge is 2.05. The Morgan fingerprint density at radius 2 is 1.67 bits per heavy atom. The van der Waals surface area contributed by atoms with Crippen LogP contribution in [0.1, 0.15) is 12.5 Å². The number of nitrogens with one attached hydrogen (secondary N) is 1. The molecule has 0 amide bonds. The second-order valence-electron chi connectivity index (χ2n) is 6.39. The summed E-state index contributed by atoms with van der Waals surface area (Å²) in [5, 5.41) is 6.14. The van der Waals surface area contributed by atoms with Gasteiger partial charge in [0.1, 0.15) is 0 Å². The van der Waals surface area contributed by atoms with E-state index in [-0.39, 0.29) is 0 Å². The van der Waals surface area contributed by atoms with Gasteiger partial charge in [0.05, 0.1) is 0 Å². The molecule has 0 fully saturated rings. The maximum absolute atomic E-state index is 3.71. The summed E-state index contributed by atoms with van der Waals surface area (Å²) < 4.78 is 2.65. The molecule has 4 rings (SSSR count). The summed E-state index contributed by atoms with van der Waals surface area (Å²) in [5.74, 6) is 0. The molecule has 0 saturated carbocycles. The molecule has 3 aromatic carbocycles. The van der Waals surface area contributed by atoms with Crippen LogP contribution in [0.15, 0.2) is 90.1 Å². The lowest BCUT2D eigenvalue weighted by Crippen LogP contribution is -1.90. The lowest BCUT2D eigenvalue weighted by molar-refractivity contribution is 1.52. The zero-order valence-corrected chi connectivity index (χ0v) is 16.0. The van der Waals surface area contributed by atoms with Gasteiger partial charge in [-0.3, -0.25) is 4.99 Å². The summed E-state index contributed by atoms with van der Waals surface area (Å²) in [6, 6.07) is 23.6. The minimum atomic E-state index is 1.08. The van der Waals surface area contributed by atoms with E-state index in [1.165, 1.54) is 31.3 Å². The van der Waals surface area contributed by atoms with Gasteiger partial charge >= 0.3 is 0 Å². The van der Waals surface area contributed by atoms with E-state index in [0.717, 1.165) is 11.4 Å². The van der Waals surface area contributed by atoms with Gasteiger partial charge in [-0.2, -0.15) is 0 Å². The van der Waals surface area contributed by atoms with E-state index in [4.69, 9.17) is 0 Å². The first-order valence-corrected chi connectivity index (χ1v) is 9.64. The van der Waals surface area contributed by atoms with Crippen LogP contribution in [-0.4, -0.2) is 6.72 Å². The highest BCUT2D eigenvalue weighted by molar-refractivity contribution is 7.25. The zero-order chi connectivity index (χ0) is 18.6. The summed E-state index contributed by atoms with van der Waals surface area (Å²) in [7, 11) is 0. The van der Waals surface area contributed by atoms with Crippen LogP contribution in [0.25, 0.3) is 25.7 Å². The Balaban J connectivity index is 1.58. The molecule has 3 heteroatoms. The van der Waals surface area contributed by atoms with Crippen molar-refractivity contribution in [2.75, 3.05) is 5.32 Å². The molecular weight excluding hydrogens is 348 g/mol. The van der Waals surface area contributed by atoms with Crippen molar-refractivity contribution in [3.8, 4) is 0 Å². The monoisotopic (exact) mass is 368 g/mol. The lowest BCUT2D eigenvalue weighted by atomic mass is 10.1. The van der Waals surface area contributed by atoms with Gasteiger partial charge < -0.3 is 5.32 Å². The molecule has 1 aromatic heterocycles. The van der Waals surface area contributed by atoms with Crippen molar-refractivity contribution in [3.63, 3.8) is 0 Å². The molecule has 132 valence electrons. The summed E-state index contributed by atoms with van der Waals surface area (Å²) in [4.78, 5) is 3.71. The van der Waals surface area contributed by atoms with Crippen molar-refractivity contribution in [1.82, 2.24) is 0 Å². The molecule has 0 aliphatic carbocycles. The molecule has 0 saturated heterocycles. The standard InChI is InChI=1S/C24H20N2S/c1-17(6-5-15-25-2)18-9-11-19(12-10-18)26-20-13-14-24-22(16-20)21-7-3-4-8-23(21)27-24/h3-16,26H,2H2,1H3/b15-5-,17-6+. The average Bonchev–Trinajstić information content (AvgIpc) is 3.07. The predicted molar refractivity (Wildman–Crippen MR) is 121 cm³/mol. The Bertz CT molecular complexity index is 1160. The van der Waals surface area contributed by atoms with Gasteiger partial charge in [0.25, 0.3) is 0 Å². The molecule has 1 heterocycles. The maximum Gasteiger partial charge on any atom is 0.0391 e. The Kier molecular flexibility index (Phi) is 4.86. The van der Waals surface area contributed by atoms with Crippen LogP contribution in [0.3, 0.4) is 0 Å². The fourth-order valence-electron chi connectivity index (χ4n) is 3.13. The van der Waals surface area contributed by atoms with E-state index in [1.54, 1.807) is 6.20 Å². The second-order valence-corrected chi connectivity index (χ2v) is 7.47. The quantitative estimate of drug-likeness (QED) is 0.288. The van der Waals surface area contributed by atoms with E-state index in [1.807, 2.05) is 23.5 Å². The van der Waals surface area contributed by atoms with Crippen LogP contribution in [0, 0.1) is 0 Å². The zero-order valence-electron chi connectivity index (χ0n) is 15.1. The molecular formula is C24H20N2S. The maximum atomic E-state index is 3.71. The fourth-order valence-corrected chi connectivity index (χ4v) is 4.22. The molecule has 0 aliphatic rings. The molecule has 4 aromatic rings. The van der Waals surface area contributed by atoms with Gasteiger partial charge in [0.15, 0.2) is 0 Å². The second kappa shape index (κ2) is 7.60. The summed E-state index contributed by atoms with van der Waals surface area (Å²) in [6.07, 6.45) is 5.62. The molecule has 0 atom stereocenters. The molecule has 0 unspecified atom stereocenters. The smallest absolute Gasteiger partial charge is 0.0391 e. The molecule has 2 nitrogen and oxygen atoms in total. The number of rotatable bonds is 5. The summed E-state index contributed by atoms with van der Waals surface area (Å²) >= 11 is 1.84. The van der Waals surface area contributed by atoms with Gasteiger partial charge in [0, 0.05) is 37.7 Å². The topological polar surface area (TPSA) is 24.4 Å². The Labute approximate surface area is 163 Å². The molecule has 0 spiro atoms. The summed E-state index contributed by atoms with van der Waals surface area (Å²) in [6.45, 7) is 5.53. The average molecular weight is 369 g/mol. The van der Waals surface area contributed by atoms with E-state index >= 15 is 0 Å². The van der Waals surface area contributed by atoms with Crippen LogP contribution in [0.4, 0.5) is 11.4 Å². The van der Waals surface area contributed by atoms with E-state index < -0.39 is 0 Å².